The quantitative estimate of drug-likeness (QED) is 0.617. The normalized spacial score (nSPS) is 22.7. The fourth-order valence-electron chi connectivity index (χ4n) is 3.55. The van der Waals surface area contributed by atoms with Gasteiger partial charge in [-0.1, -0.05) is 27.5 Å². The summed E-state index contributed by atoms with van der Waals surface area (Å²) in [5.41, 5.74) is 5.93. The second kappa shape index (κ2) is 8.32. The second-order valence-corrected chi connectivity index (χ2v) is 10.8. The molecule has 32 heavy (non-hydrogen) atoms. The van der Waals surface area contributed by atoms with Crippen molar-refractivity contribution in [1.29, 1.82) is 0 Å². The molecule has 0 spiro atoms. The molecule has 1 unspecified atom stereocenters. The summed E-state index contributed by atoms with van der Waals surface area (Å²) in [5, 5.41) is 8.75. The van der Waals surface area contributed by atoms with Crippen molar-refractivity contribution in [3.63, 3.8) is 0 Å². The molecule has 0 saturated heterocycles. The van der Waals surface area contributed by atoms with Crippen molar-refractivity contribution >= 4 is 28.1 Å². The smallest absolute Gasteiger partial charge is 0.155 e. The van der Waals surface area contributed by atoms with Crippen LogP contribution < -0.4 is 5.73 Å². The molecule has 1 aromatic carbocycles. The Morgan fingerprint density at radius 1 is 1.28 bits per heavy atom. The molecule has 7 nitrogen and oxygen atoms in total. The highest BCUT2D eigenvalue weighted by atomic mass is 35.5. The molecule has 1 aliphatic rings. The topological polar surface area (TPSA) is 94.3 Å². The van der Waals surface area contributed by atoms with Crippen molar-refractivity contribution in [2.75, 3.05) is 19.5 Å². The van der Waals surface area contributed by atoms with Crippen molar-refractivity contribution < 1.29 is 8.78 Å². The number of hydrogen-bond acceptors (Lipinski definition) is 6. The van der Waals surface area contributed by atoms with Crippen molar-refractivity contribution in [3.05, 3.63) is 59.1 Å². The highest BCUT2D eigenvalue weighted by Gasteiger charge is 2.45. The second-order valence-electron chi connectivity index (χ2n) is 7.94. The van der Waals surface area contributed by atoms with E-state index in [9.17, 15) is 8.78 Å². The SMILES string of the molecule is C/N=S1/C[C@@](CF)(c2cc(-c3cn(-c4ccc(Cl)cn4)nn3)ccc2F)N=C(N)C1(C)C. The van der Waals surface area contributed by atoms with Gasteiger partial charge in [-0.05, 0) is 44.2 Å². The van der Waals surface area contributed by atoms with E-state index in [0.717, 1.165) is 0 Å². The van der Waals surface area contributed by atoms with Crippen LogP contribution in [0.5, 0.6) is 0 Å². The predicted molar refractivity (Wildman–Crippen MR) is 123 cm³/mol. The third kappa shape index (κ3) is 3.81. The summed E-state index contributed by atoms with van der Waals surface area (Å²) in [6.07, 6.45) is 3.16. The molecule has 0 aliphatic carbocycles. The van der Waals surface area contributed by atoms with Crippen molar-refractivity contribution in [3.8, 4) is 17.1 Å². The Morgan fingerprint density at radius 2 is 2.06 bits per heavy atom. The van der Waals surface area contributed by atoms with Crippen LogP contribution in [-0.2, 0) is 16.2 Å². The first-order chi connectivity index (χ1) is 15.2. The van der Waals surface area contributed by atoms with E-state index in [2.05, 4.69) is 24.7 Å². The van der Waals surface area contributed by atoms with Gasteiger partial charge in [0.2, 0.25) is 0 Å². The first-order valence-corrected chi connectivity index (χ1v) is 11.5. The first-order valence-electron chi connectivity index (χ1n) is 9.77. The minimum absolute atomic E-state index is 0.122. The summed E-state index contributed by atoms with van der Waals surface area (Å²) < 4.78 is 34.9. The standard InChI is InChI=1S/C21H22ClF2N7S/c1-20(2)19(25)28-21(11-23,12-32(20)26-3)15-8-13(4-6-16(15)24)17-10-31(30-29-17)18-7-5-14(22)9-27-18/h4-10H,11-12H2,1-3H3,(H2,25,28)/t21-,32?/m0/s1. The molecule has 0 amide bonds. The summed E-state index contributed by atoms with van der Waals surface area (Å²) in [5.74, 6) is 0.459. The van der Waals surface area contributed by atoms with Gasteiger partial charge in [0, 0.05) is 30.1 Å². The van der Waals surface area contributed by atoms with E-state index in [1.54, 1.807) is 37.5 Å². The fourth-order valence-corrected chi connectivity index (χ4v) is 5.64. The van der Waals surface area contributed by atoms with Crippen LogP contribution in [0.25, 0.3) is 17.1 Å². The molecule has 4 rings (SSSR count). The van der Waals surface area contributed by atoms with Gasteiger partial charge in [-0.15, -0.1) is 5.10 Å². The Bertz CT molecular complexity index is 1220. The van der Waals surface area contributed by atoms with Crippen LogP contribution >= 0.6 is 11.6 Å². The van der Waals surface area contributed by atoms with E-state index in [0.29, 0.717) is 22.1 Å². The lowest BCUT2D eigenvalue weighted by Crippen LogP contribution is -2.53. The third-order valence-corrected chi connectivity index (χ3v) is 8.36. The summed E-state index contributed by atoms with van der Waals surface area (Å²) in [6.45, 7) is 2.94. The van der Waals surface area contributed by atoms with Gasteiger partial charge in [-0.2, -0.15) is 0 Å². The minimum atomic E-state index is -1.45. The molecule has 0 radical (unpaired) electrons. The molecule has 2 atom stereocenters. The summed E-state index contributed by atoms with van der Waals surface area (Å²) >= 11 is 5.88. The van der Waals surface area contributed by atoms with Gasteiger partial charge in [-0.25, -0.2) is 18.4 Å². The first kappa shape index (κ1) is 22.5. The summed E-state index contributed by atoms with van der Waals surface area (Å²) in [7, 11) is 1.04. The van der Waals surface area contributed by atoms with Crippen molar-refractivity contribution in [2.24, 2.45) is 15.1 Å². The maximum atomic E-state index is 15.0. The number of hydrogen-bond donors (Lipinski definition) is 1. The van der Waals surface area contributed by atoms with Crippen LogP contribution in [-0.4, -0.2) is 50.0 Å². The number of nitrogens with zero attached hydrogens (tertiary/aromatic N) is 6. The van der Waals surface area contributed by atoms with Crippen LogP contribution in [0, 0.1) is 5.82 Å². The van der Waals surface area contributed by atoms with Crippen LogP contribution in [0.1, 0.15) is 19.4 Å². The summed E-state index contributed by atoms with van der Waals surface area (Å²) in [4.78, 5) is 8.68. The van der Waals surface area contributed by atoms with E-state index in [1.165, 1.54) is 16.9 Å². The van der Waals surface area contributed by atoms with E-state index in [1.807, 2.05) is 13.8 Å². The van der Waals surface area contributed by atoms with Gasteiger partial charge < -0.3 is 5.73 Å². The third-order valence-electron chi connectivity index (χ3n) is 5.56. The van der Waals surface area contributed by atoms with Gasteiger partial charge in [0.05, 0.1) is 16.0 Å². The van der Waals surface area contributed by atoms with Gasteiger partial charge in [0.1, 0.15) is 29.6 Å². The van der Waals surface area contributed by atoms with Crippen molar-refractivity contribution in [1.82, 2.24) is 20.0 Å². The number of rotatable bonds is 4. The van der Waals surface area contributed by atoms with Gasteiger partial charge in [0.15, 0.2) is 5.82 Å². The number of benzene rings is 1. The Labute approximate surface area is 191 Å². The largest absolute Gasteiger partial charge is 0.386 e. The van der Waals surface area contributed by atoms with Crippen LogP contribution in [0.2, 0.25) is 5.02 Å². The Morgan fingerprint density at radius 3 is 2.72 bits per heavy atom. The monoisotopic (exact) mass is 477 g/mol. The number of halogens is 3. The Balaban J connectivity index is 1.78. The lowest BCUT2D eigenvalue weighted by molar-refractivity contribution is 0.329. The molecule has 1 aliphatic heterocycles. The van der Waals surface area contributed by atoms with Crippen LogP contribution in [0.4, 0.5) is 8.78 Å². The Hall–Kier alpha value is -2.72. The molecule has 11 heteroatoms. The van der Waals surface area contributed by atoms with Gasteiger partial charge >= 0.3 is 0 Å². The predicted octanol–water partition coefficient (Wildman–Crippen LogP) is 3.87. The van der Waals surface area contributed by atoms with E-state index in [-0.39, 0.29) is 17.2 Å². The van der Waals surface area contributed by atoms with Gasteiger partial charge in [0.25, 0.3) is 0 Å². The number of aliphatic imine (C=N–C) groups is 1. The zero-order chi connectivity index (χ0) is 23.1. The Kier molecular flexibility index (Phi) is 5.85. The molecule has 2 N–H and O–H groups in total. The minimum Gasteiger partial charge on any atom is -0.386 e. The fraction of sp³-hybridized carbons (Fsp3) is 0.333. The number of nitrogens with two attached hydrogens (primary N) is 1. The van der Waals surface area contributed by atoms with Crippen LogP contribution in [0.3, 0.4) is 0 Å². The van der Waals surface area contributed by atoms with Crippen LogP contribution in [0.15, 0.2) is 52.1 Å². The molecule has 168 valence electrons. The maximum absolute atomic E-state index is 15.0. The number of amidine groups is 1. The highest BCUT2D eigenvalue weighted by Crippen LogP contribution is 2.39. The average molecular weight is 478 g/mol. The number of alkyl halides is 1. The highest BCUT2D eigenvalue weighted by molar-refractivity contribution is 7.89. The van der Waals surface area contributed by atoms with E-state index >= 15 is 0 Å². The van der Waals surface area contributed by atoms with Gasteiger partial charge in [-0.3, -0.25) is 9.36 Å². The van der Waals surface area contributed by atoms with E-state index in [4.69, 9.17) is 17.3 Å². The lowest BCUT2D eigenvalue weighted by Gasteiger charge is -2.40. The molecule has 2 aromatic heterocycles. The average Bonchev–Trinajstić information content (AvgIpc) is 3.27. The molecular formula is C21H22ClF2N7S. The zero-order valence-electron chi connectivity index (χ0n) is 17.8. The molecular weight excluding hydrogens is 456 g/mol. The van der Waals surface area contributed by atoms with Crippen molar-refractivity contribution in [2.45, 2.75) is 24.1 Å². The maximum Gasteiger partial charge on any atom is 0.155 e. The molecule has 0 saturated carbocycles. The number of aromatic nitrogens is 4. The molecule has 0 fully saturated rings. The van der Waals surface area contributed by atoms with E-state index < -0.39 is 33.5 Å². The lowest BCUT2D eigenvalue weighted by atomic mass is 9.90. The molecule has 3 aromatic rings. The molecule has 0 bridgehead atoms. The zero-order valence-corrected chi connectivity index (χ0v) is 19.3. The number of pyridine rings is 1. The molecule has 3 heterocycles. The summed E-state index contributed by atoms with van der Waals surface area (Å²) in [6, 6.07) is 7.80.